The number of hydrogen-bond acceptors (Lipinski definition) is 4. The average molecular weight is 261 g/mol. The molecule has 2 N–H and O–H groups in total. The molecule has 5 heteroatoms. The van der Waals surface area contributed by atoms with Crippen molar-refractivity contribution in [1.82, 2.24) is 10.6 Å². The highest BCUT2D eigenvalue weighted by Gasteiger charge is 2.24. The highest BCUT2D eigenvalue weighted by molar-refractivity contribution is 5.95. The molecule has 1 fully saturated rings. The van der Waals surface area contributed by atoms with Gasteiger partial charge in [0, 0.05) is 24.3 Å². The zero-order chi connectivity index (χ0) is 13.8. The maximum atomic E-state index is 11.7. The van der Waals surface area contributed by atoms with Gasteiger partial charge >= 0.3 is 0 Å². The van der Waals surface area contributed by atoms with Crippen molar-refractivity contribution >= 4 is 17.4 Å². The first-order valence-corrected chi connectivity index (χ1v) is 6.40. The predicted octanol–water partition coefficient (Wildman–Crippen LogP) is 0.413. The fourth-order valence-electron chi connectivity index (χ4n) is 2.30. The SMILES string of the molecule is CNCC1CN(c2cccc(C(C)=O)c2)CC(=O)N1. The Balaban J connectivity index is 2.18. The standard InChI is InChI=1S/C14H19N3O2/c1-10(18)11-4-3-5-13(6-11)17-8-12(7-15-2)16-14(19)9-17/h3-6,12,15H,7-9H2,1-2H3,(H,16,19). The smallest absolute Gasteiger partial charge is 0.239 e. The number of carbonyl (C=O) groups is 2. The van der Waals surface area contributed by atoms with Crippen molar-refractivity contribution in [1.29, 1.82) is 0 Å². The molecule has 0 radical (unpaired) electrons. The molecule has 1 saturated heterocycles. The number of Topliss-reactive ketones (excluding diaryl/α,β-unsaturated/α-hetero) is 1. The molecule has 2 rings (SSSR count). The molecule has 1 amide bonds. The quantitative estimate of drug-likeness (QED) is 0.771. The summed E-state index contributed by atoms with van der Waals surface area (Å²) in [6.07, 6.45) is 0. The summed E-state index contributed by atoms with van der Waals surface area (Å²) in [5, 5.41) is 6.01. The van der Waals surface area contributed by atoms with Crippen molar-refractivity contribution in [3.8, 4) is 0 Å². The third-order valence-electron chi connectivity index (χ3n) is 3.21. The van der Waals surface area contributed by atoms with Crippen LogP contribution in [0.5, 0.6) is 0 Å². The maximum absolute atomic E-state index is 11.7. The second kappa shape index (κ2) is 5.84. The van der Waals surface area contributed by atoms with Gasteiger partial charge in [-0.15, -0.1) is 0 Å². The van der Waals surface area contributed by atoms with Gasteiger partial charge in [-0.25, -0.2) is 0 Å². The van der Waals surface area contributed by atoms with Gasteiger partial charge in [0.25, 0.3) is 0 Å². The molecule has 0 spiro atoms. The maximum Gasteiger partial charge on any atom is 0.239 e. The van der Waals surface area contributed by atoms with Crippen LogP contribution in [0.25, 0.3) is 0 Å². The second-order valence-electron chi connectivity index (χ2n) is 4.81. The lowest BCUT2D eigenvalue weighted by molar-refractivity contribution is -0.121. The number of hydrogen-bond donors (Lipinski definition) is 2. The summed E-state index contributed by atoms with van der Waals surface area (Å²) in [4.78, 5) is 25.1. The molecule has 0 aliphatic carbocycles. The van der Waals surface area contributed by atoms with Crippen LogP contribution in [0.4, 0.5) is 5.69 Å². The number of piperazine rings is 1. The van der Waals surface area contributed by atoms with Gasteiger partial charge in [0.15, 0.2) is 5.78 Å². The molecule has 19 heavy (non-hydrogen) atoms. The van der Waals surface area contributed by atoms with E-state index in [1.165, 1.54) is 0 Å². The number of anilines is 1. The first kappa shape index (κ1) is 13.5. The van der Waals surface area contributed by atoms with Crippen LogP contribution >= 0.6 is 0 Å². The third-order valence-corrected chi connectivity index (χ3v) is 3.21. The van der Waals surface area contributed by atoms with E-state index in [1.807, 2.05) is 30.1 Å². The number of benzene rings is 1. The van der Waals surface area contributed by atoms with Crippen molar-refractivity contribution in [3.05, 3.63) is 29.8 Å². The zero-order valence-electron chi connectivity index (χ0n) is 11.3. The number of carbonyl (C=O) groups excluding carboxylic acids is 2. The van der Waals surface area contributed by atoms with Crippen molar-refractivity contribution < 1.29 is 9.59 Å². The Morgan fingerprint density at radius 2 is 2.32 bits per heavy atom. The summed E-state index contributed by atoms with van der Waals surface area (Å²) >= 11 is 0. The highest BCUT2D eigenvalue weighted by atomic mass is 16.2. The molecule has 1 aromatic carbocycles. The highest BCUT2D eigenvalue weighted by Crippen LogP contribution is 2.18. The van der Waals surface area contributed by atoms with Gasteiger partial charge in [-0.05, 0) is 26.1 Å². The molecule has 1 heterocycles. The molecule has 0 bridgehead atoms. The van der Waals surface area contributed by atoms with Crippen LogP contribution in [0.1, 0.15) is 17.3 Å². The first-order valence-electron chi connectivity index (χ1n) is 6.40. The van der Waals surface area contributed by atoms with E-state index in [0.29, 0.717) is 12.1 Å². The molecule has 1 aliphatic heterocycles. The van der Waals surface area contributed by atoms with E-state index in [9.17, 15) is 9.59 Å². The lowest BCUT2D eigenvalue weighted by atomic mass is 10.1. The Bertz CT molecular complexity index is 487. The van der Waals surface area contributed by atoms with Crippen LogP contribution in [-0.2, 0) is 4.79 Å². The first-order chi connectivity index (χ1) is 9.10. The van der Waals surface area contributed by atoms with Gasteiger partial charge in [0.1, 0.15) is 0 Å². The monoisotopic (exact) mass is 261 g/mol. The van der Waals surface area contributed by atoms with Crippen LogP contribution in [0, 0.1) is 0 Å². The summed E-state index contributed by atoms with van der Waals surface area (Å²) in [6.45, 7) is 3.36. The lowest BCUT2D eigenvalue weighted by Crippen LogP contribution is -2.57. The molecule has 0 saturated carbocycles. The normalized spacial score (nSPS) is 19.2. The van der Waals surface area contributed by atoms with E-state index in [0.717, 1.165) is 18.8 Å². The fourth-order valence-corrected chi connectivity index (χ4v) is 2.30. The Kier molecular flexibility index (Phi) is 4.16. The van der Waals surface area contributed by atoms with Gasteiger partial charge < -0.3 is 15.5 Å². The van der Waals surface area contributed by atoms with Crippen molar-refractivity contribution in [3.63, 3.8) is 0 Å². The number of amides is 1. The Morgan fingerprint density at radius 3 is 3.00 bits per heavy atom. The Morgan fingerprint density at radius 1 is 1.53 bits per heavy atom. The number of ketones is 1. The summed E-state index contributed by atoms with van der Waals surface area (Å²) < 4.78 is 0. The molecular weight excluding hydrogens is 242 g/mol. The molecule has 1 aliphatic rings. The molecule has 1 unspecified atom stereocenters. The predicted molar refractivity (Wildman–Crippen MR) is 74.5 cm³/mol. The van der Waals surface area contributed by atoms with E-state index in [1.54, 1.807) is 13.0 Å². The lowest BCUT2D eigenvalue weighted by Gasteiger charge is -2.34. The average Bonchev–Trinajstić information content (AvgIpc) is 2.38. The molecule has 1 atom stereocenters. The van der Waals surface area contributed by atoms with Crippen LogP contribution in [0.15, 0.2) is 24.3 Å². The van der Waals surface area contributed by atoms with Crippen LogP contribution in [0.2, 0.25) is 0 Å². The van der Waals surface area contributed by atoms with Crippen molar-refractivity contribution in [2.45, 2.75) is 13.0 Å². The van der Waals surface area contributed by atoms with E-state index in [2.05, 4.69) is 10.6 Å². The van der Waals surface area contributed by atoms with Crippen LogP contribution in [0.3, 0.4) is 0 Å². The molecule has 102 valence electrons. The Hall–Kier alpha value is -1.88. The number of nitrogens with zero attached hydrogens (tertiary/aromatic N) is 1. The van der Waals surface area contributed by atoms with E-state index < -0.39 is 0 Å². The number of likely N-dealkylation sites (N-methyl/N-ethyl adjacent to an activating group) is 1. The third kappa shape index (κ3) is 3.32. The van der Waals surface area contributed by atoms with Gasteiger partial charge in [0.2, 0.25) is 5.91 Å². The molecular formula is C14H19N3O2. The number of nitrogens with one attached hydrogen (secondary N) is 2. The number of rotatable bonds is 4. The van der Waals surface area contributed by atoms with Gasteiger partial charge in [-0.1, -0.05) is 12.1 Å². The molecule has 5 nitrogen and oxygen atoms in total. The summed E-state index contributed by atoms with van der Waals surface area (Å²) in [5.74, 6) is 0.0508. The second-order valence-corrected chi connectivity index (χ2v) is 4.81. The summed E-state index contributed by atoms with van der Waals surface area (Å²) in [7, 11) is 1.86. The van der Waals surface area contributed by atoms with Gasteiger partial charge in [-0.3, -0.25) is 9.59 Å². The Labute approximate surface area is 113 Å². The minimum Gasteiger partial charge on any atom is -0.360 e. The minimum absolute atomic E-state index is 0.0136. The van der Waals surface area contributed by atoms with Gasteiger partial charge in [-0.2, -0.15) is 0 Å². The van der Waals surface area contributed by atoms with Crippen molar-refractivity contribution in [2.75, 3.05) is 31.6 Å². The fraction of sp³-hybridized carbons (Fsp3) is 0.429. The summed E-state index contributed by atoms with van der Waals surface area (Å²) in [6, 6.07) is 7.51. The largest absolute Gasteiger partial charge is 0.360 e. The molecule has 0 aromatic heterocycles. The van der Waals surface area contributed by atoms with Crippen molar-refractivity contribution in [2.24, 2.45) is 0 Å². The van der Waals surface area contributed by atoms with Crippen LogP contribution in [-0.4, -0.2) is 44.4 Å². The summed E-state index contributed by atoms with van der Waals surface area (Å²) in [5.41, 5.74) is 1.59. The van der Waals surface area contributed by atoms with Crippen LogP contribution < -0.4 is 15.5 Å². The van der Waals surface area contributed by atoms with E-state index in [4.69, 9.17) is 0 Å². The minimum atomic E-state index is 0.0136. The topological polar surface area (TPSA) is 61.4 Å². The van der Waals surface area contributed by atoms with E-state index >= 15 is 0 Å². The zero-order valence-corrected chi connectivity index (χ0v) is 11.3. The van der Waals surface area contributed by atoms with Gasteiger partial charge in [0.05, 0.1) is 12.6 Å². The molecule has 1 aromatic rings. The van der Waals surface area contributed by atoms with E-state index in [-0.39, 0.29) is 17.7 Å².